The molecule has 0 N–H and O–H groups in total. The summed E-state index contributed by atoms with van der Waals surface area (Å²) < 4.78 is 34.4. The molecule has 0 bridgehead atoms. The number of pyridine rings is 1. The van der Waals surface area contributed by atoms with E-state index in [-0.39, 0.29) is 6.10 Å². The van der Waals surface area contributed by atoms with Gasteiger partial charge in [-0.05, 0) is 61.4 Å². The van der Waals surface area contributed by atoms with Crippen LogP contribution in [0.2, 0.25) is 0 Å². The summed E-state index contributed by atoms with van der Waals surface area (Å²) in [5.41, 5.74) is 1.84. The normalized spacial score (nSPS) is 16.0. The average Bonchev–Trinajstić information content (AvgIpc) is 3.15. The summed E-state index contributed by atoms with van der Waals surface area (Å²) >= 11 is 0. The zero-order valence-electron chi connectivity index (χ0n) is 28.4. The molecule has 5 rings (SSSR count). The number of piperazine rings is 1. The van der Waals surface area contributed by atoms with Gasteiger partial charge in [-0.25, -0.2) is 4.98 Å². The van der Waals surface area contributed by atoms with Gasteiger partial charge in [-0.3, -0.25) is 14.5 Å². The molecule has 2 aliphatic rings. The van der Waals surface area contributed by atoms with Gasteiger partial charge in [0.25, 0.3) is 0 Å². The first kappa shape index (κ1) is 36.2. The minimum atomic E-state index is 0.172. The Kier molecular flexibility index (Phi) is 14.6. The number of hydrogen-bond donors (Lipinski definition) is 0. The summed E-state index contributed by atoms with van der Waals surface area (Å²) in [6.45, 7) is 10.9. The summed E-state index contributed by atoms with van der Waals surface area (Å²) in [7, 11) is 1.63. The molecule has 0 unspecified atom stereocenters. The van der Waals surface area contributed by atoms with Crippen LogP contribution in [0.4, 0.5) is 5.69 Å². The van der Waals surface area contributed by atoms with Gasteiger partial charge in [0.1, 0.15) is 23.4 Å². The molecule has 0 radical (unpaired) electrons. The maximum absolute atomic E-state index is 11.3. The van der Waals surface area contributed by atoms with E-state index < -0.39 is 0 Å². The van der Waals surface area contributed by atoms with E-state index in [1.807, 2.05) is 42.5 Å². The van der Waals surface area contributed by atoms with E-state index in [4.69, 9.17) is 28.4 Å². The highest BCUT2D eigenvalue weighted by atomic mass is 16.5. The van der Waals surface area contributed by atoms with Crippen molar-refractivity contribution in [2.45, 2.75) is 18.9 Å². The predicted molar refractivity (Wildman–Crippen MR) is 186 cm³/mol. The highest BCUT2D eigenvalue weighted by Gasteiger charge is 2.21. The second-order valence-corrected chi connectivity index (χ2v) is 12.0. The molecule has 2 aromatic carbocycles. The molecule has 0 saturated carbocycles. The molecule has 49 heavy (non-hydrogen) atoms. The third kappa shape index (κ3) is 11.8. The highest BCUT2D eigenvalue weighted by Crippen LogP contribution is 2.25. The topological polar surface area (TPSA) is 112 Å². The Bertz CT molecular complexity index is 1410. The van der Waals surface area contributed by atoms with Crippen LogP contribution in [0.3, 0.4) is 0 Å². The molecule has 0 spiro atoms. The van der Waals surface area contributed by atoms with Gasteiger partial charge in [-0.15, -0.1) is 0 Å². The van der Waals surface area contributed by atoms with Crippen molar-refractivity contribution < 1.29 is 38.0 Å². The molecule has 2 saturated heterocycles. The number of nitrogens with zero attached hydrogens (tertiary/aromatic N) is 4. The van der Waals surface area contributed by atoms with E-state index in [1.165, 1.54) is 0 Å². The summed E-state index contributed by atoms with van der Waals surface area (Å²) in [5.74, 6) is 2.74. The van der Waals surface area contributed by atoms with Crippen LogP contribution < -0.4 is 19.1 Å². The van der Waals surface area contributed by atoms with Crippen molar-refractivity contribution in [2.24, 2.45) is 0 Å². The Morgan fingerprint density at radius 2 is 1.27 bits per heavy atom. The van der Waals surface area contributed by atoms with Crippen LogP contribution in [0.25, 0.3) is 0 Å². The van der Waals surface area contributed by atoms with Gasteiger partial charge in [-0.2, -0.15) is 0 Å². The number of hydrogen-bond acceptors (Lipinski definition) is 12. The molecule has 264 valence electrons. The number of methoxy groups -OCH3 is 1. The number of ether oxygens (including phenoxy) is 6. The monoisotopic (exact) mass is 676 g/mol. The molecule has 3 heterocycles. The number of likely N-dealkylation sites (tertiary alicyclic amines) is 1. The Hall–Kier alpha value is -4.07. The smallest absolute Gasteiger partial charge is 0.219 e. The number of anilines is 1. The van der Waals surface area contributed by atoms with Crippen LogP contribution in [0.15, 0.2) is 60.8 Å². The van der Waals surface area contributed by atoms with Crippen molar-refractivity contribution in [3.63, 3.8) is 0 Å². The molecule has 2 fully saturated rings. The second-order valence-electron chi connectivity index (χ2n) is 12.0. The van der Waals surface area contributed by atoms with Crippen molar-refractivity contribution in [1.82, 2.24) is 14.8 Å². The molecule has 2 aliphatic heterocycles. The predicted octanol–water partition coefficient (Wildman–Crippen LogP) is 4.22. The SMILES string of the molecule is COc1ccc(Oc2ccc(OC3CCN(CCOCCOCCOCCN4CCN(c5ccc(C=O)c(C=O)c5)CC4)CC3)cn2)cc1. The molecule has 0 amide bonds. The first-order valence-electron chi connectivity index (χ1n) is 17.1. The fraction of sp³-hybridized carbons (Fsp3) is 0.486. The Morgan fingerprint density at radius 1 is 0.673 bits per heavy atom. The number of aldehydes is 2. The number of benzene rings is 2. The lowest BCUT2D eigenvalue weighted by atomic mass is 10.1. The van der Waals surface area contributed by atoms with Crippen molar-refractivity contribution in [3.8, 4) is 23.1 Å². The van der Waals surface area contributed by atoms with Crippen LogP contribution >= 0.6 is 0 Å². The van der Waals surface area contributed by atoms with Crippen LogP contribution in [0.5, 0.6) is 23.1 Å². The minimum absolute atomic E-state index is 0.172. The van der Waals surface area contributed by atoms with Gasteiger partial charge in [0.15, 0.2) is 12.6 Å². The number of aromatic nitrogens is 1. The Balaban J connectivity index is 0.823. The molecule has 0 aliphatic carbocycles. The van der Waals surface area contributed by atoms with Gasteiger partial charge in [0, 0.05) is 75.2 Å². The van der Waals surface area contributed by atoms with Crippen LogP contribution in [-0.2, 0) is 14.2 Å². The van der Waals surface area contributed by atoms with Crippen molar-refractivity contribution >= 4 is 18.3 Å². The van der Waals surface area contributed by atoms with Gasteiger partial charge in [0.05, 0.1) is 52.9 Å². The van der Waals surface area contributed by atoms with Gasteiger partial charge in [-0.1, -0.05) is 0 Å². The molecule has 12 heteroatoms. The summed E-state index contributed by atoms with van der Waals surface area (Å²) in [5, 5.41) is 0. The first-order chi connectivity index (χ1) is 24.1. The van der Waals surface area contributed by atoms with Gasteiger partial charge >= 0.3 is 0 Å². The molecule has 0 atom stereocenters. The summed E-state index contributed by atoms with van der Waals surface area (Å²) in [6.07, 6.45) is 5.27. The average molecular weight is 677 g/mol. The standard InChI is InChI=1S/C37H48N4O8/c1-44-33-4-6-34(7-5-33)49-37-9-8-36(27-38-37)48-35-10-12-39(13-11-35)18-20-45-22-24-47-25-23-46-21-19-40-14-16-41(17-15-40)32-3-2-30(28-42)31(26-32)29-43/h2-9,26-29,35H,10-25H2,1H3. The first-order valence-corrected chi connectivity index (χ1v) is 17.1. The third-order valence-electron chi connectivity index (χ3n) is 8.74. The zero-order chi connectivity index (χ0) is 34.1. The van der Waals surface area contributed by atoms with Crippen molar-refractivity contribution in [1.29, 1.82) is 0 Å². The van der Waals surface area contributed by atoms with Gasteiger partial charge < -0.3 is 38.2 Å². The summed E-state index contributed by atoms with van der Waals surface area (Å²) in [4.78, 5) is 33.8. The largest absolute Gasteiger partial charge is 0.497 e. The van der Waals surface area contributed by atoms with Crippen LogP contribution in [-0.4, -0.2) is 133 Å². The fourth-order valence-electron chi connectivity index (χ4n) is 5.83. The van der Waals surface area contributed by atoms with E-state index >= 15 is 0 Å². The molecule has 12 nitrogen and oxygen atoms in total. The lowest BCUT2D eigenvalue weighted by molar-refractivity contribution is 0.00420. The van der Waals surface area contributed by atoms with Crippen LogP contribution in [0, 0.1) is 0 Å². The molecular weight excluding hydrogens is 628 g/mol. The highest BCUT2D eigenvalue weighted by molar-refractivity contribution is 5.91. The lowest BCUT2D eigenvalue weighted by Crippen LogP contribution is -2.47. The molecule has 3 aromatic rings. The van der Waals surface area contributed by atoms with Crippen LogP contribution in [0.1, 0.15) is 33.6 Å². The fourth-order valence-corrected chi connectivity index (χ4v) is 5.83. The lowest BCUT2D eigenvalue weighted by Gasteiger charge is -2.36. The van der Waals surface area contributed by atoms with Crippen molar-refractivity contribution in [3.05, 3.63) is 71.9 Å². The third-order valence-corrected chi connectivity index (χ3v) is 8.74. The molecular formula is C37H48N4O8. The second kappa shape index (κ2) is 19.8. The minimum Gasteiger partial charge on any atom is -0.497 e. The van der Waals surface area contributed by atoms with E-state index in [9.17, 15) is 9.59 Å². The number of piperidine rings is 1. The Morgan fingerprint density at radius 3 is 1.86 bits per heavy atom. The Labute approximate surface area is 288 Å². The number of carbonyl (C=O) groups excluding carboxylic acids is 2. The molecule has 1 aromatic heterocycles. The number of carbonyl (C=O) groups is 2. The van der Waals surface area contributed by atoms with E-state index in [2.05, 4.69) is 19.7 Å². The van der Waals surface area contributed by atoms with E-state index in [0.717, 1.165) is 95.0 Å². The maximum Gasteiger partial charge on any atom is 0.219 e. The van der Waals surface area contributed by atoms with E-state index in [0.29, 0.717) is 62.4 Å². The van der Waals surface area contributed by atoms with Gasteiger partial charge in [0.2, 0.25) is 5.88 Å². The zero-order valence-corrected chi connectivity index (χ0v) is 28.4. The van der Waals surface area contributed by atoms with Crippen molar-refractivity contribution in [2.75, 3.05) is 104 Å². The maximum atomic E-state index is 11.3. The summed E-state index contributed by atoms with van der Waals surface area (Å²) in [6, 6.07) is 16.5. The van der Waals surface area contributed by atoms with E-state index in [1.54, 1.807) is 25.4 Å². The quantitative estimate of drug-likeness (QED) is 0.126. The number of rotatable bonds is 20.